The second-order valence-corrected chi connectivity index (χ2v) is 11.7. The van der Waals surface area contributed by atoms with Crippen LogP contribution in [0.25, 0.3) is 0 Å². The summed E-state index contributed by atoms with van der Waals surface area (Å²) in [6.45, 7) is 11.6. The quantitative estimate of drug-likeness (QED) is 0.347. The van der Waals surface area contributed by atoms with Gasteiger partial charge in [0.05, 0.1) is 17.4 Å². The van der Waals surface area contributed by atoms with E-state index in [9.17, 15) is 19.5 Å². The molecule has 0 aliphatic carbocycles. The van der Waals surface area contributed by atoms with Gasteiger partial charge in [-0.25, -0.2) is 0 Å². The summed E-state index contributed by atoms with van der Waals surface area (Å²) in [6.07, 6.45) is 9.56. The van der Waals surface area contributed by atoms with Crippen molar-refractivity contribution in [3.8, 4) is 0 Å². The lowest BCUT2D eigenvalue weighted by Gasteiger charge is -2.37. The number of anilines is 2. The van der Waals surface area contributed by atoms with Crippen molar-refractivity contribution in [2.45, 2.75) is 64.2 Å². The van der Waals surface area contributed by atoms with Gasteiger partial charge < -0.3 is 29.4 Å². The molecule has 4 aliphatic heterocycles. The molecule has 1 N–H and O–H groups in total. The molecule has 4 aliphatic rings. The molecule has 5 atom stereocenters. The molecule has 2 saturated heterocycles. The van der Waals surface area contributed by atoms with Crippen molar-refractivity contribution in [1.29, 1.82) is 0 Å². The molecule has 4 heterocycles. The number of aliphatic hydroxyl groups excluding tert-OH is 1. The van der Waals surface area contributed by atoms with Crippen LogP contribution in [0, 0.1) is 11.8 Å². The maximum Gasteiger partial charge on any atom is 0.253 e. The average molecular weight is 565 g/mol. The first kappa shape index (κ1) is 29.3. The van der Waals surface area contributed by atoms with E-state index in [4.69, 9.17) is 4.74 Å². The van der Waals surface area contributed by atoms with Crippen molar-refractivity contribution in [3.63, 3.8) is 0 Å². The number of ether oxygens (including phenoxy) is 1. The Morgan fingerprint density at radius 1 is 0.902 bits per heavy atom. The minimum absolute atomic E-state index is 0.00653. The molecule has 9 heteroatoms. The van der Waals surface area contributed by atoms with Crippen LogP contribution in [0.5, 0.6) is 0 Å². The first-order valence-corrected chi connectivity index (χ1v) is 15.2. The Labute approximate surface area is 243 Å². The maximum atomic E-state index is 14.5. The number of carbonyl (C=O) groups excluding carboxylic acids is 3. The largest absolute Gasteiger partial charge is 0.396 e. The zero-order valence-electron chi connectivity index (χ0n) is 24.8. The number of likely N-dealkylation sites (tertiary alicyclic amines) is 1. The normalized spacial score (nSPS) is 30.8. The third-order valence-corrected chi connectivity index (χ3v) is 9.23. The minimum atomic E-state index is -1.27. The third kappa shape index (κ3) is 4.77. The minimum Gasteiger partial charge on any atom is -0.396 e. The number of rotatable bonds is 10. The fourth-order valence-electron chi connectivity index (χ4n) is 7.34. The van der Waals surface area contributed by atoms with E-state index < -0.39 is 29.1 Å². The Hall–Kier alpha value is -3.17. The molecule has 222 valence electrons. The lowest BCUT2D eigenvalue weighted by Crippen LogP contribution is -2.56. The van der Waals surface area contributed by atoms with Gasteiger partial charge in [-0.15, -0.1) is 0 Å². The van der Waals surface area contributed by atoms with Gasteiger partial charge >= 0.3 is 0 Å². The topological polar surface area (TPSA) is 93.6 Å². The first-order chi connectivity index (χ1) is 19.8. The number of fused-ring (bicyclic) bond motifs is 2. The number of hydrogen-bond acceptors (Lipinski definition) is 6. The third-order valence-electron chi connectivity index (χ3n) is 9.23. The fourth-order valence-corrected chi connectivity index (χ4v) is 7.34. The summed E-state index contributed by atoms with van der Waals surface area (Å²) in [4.78, 5) is 50.3. The molecule has 1 spiro atoms. The molecule has 41 heavy (non-hydrogen) atoms. The molecule has 2 fully saturated rings. The monoisotopic (exact) mass is 564 g/mol. The number of amides is 3. The second kappa shape index (κ2) is 11.6. The number of unbranched alkanes of at least 4 members (excludes halogenated alkanes) is 1. The van der Waals surface area contributed by atoms with E-state index in [1.165, 1.54) is 0 Å². The van der Waals surface area contributed by atoms with Crippen LogP contribution >= 0.6 is 0 Å². The van der Waals surface area contributed by atoms with Crippen LogP contribution < -0.4 is 9.80 Å². The SMILES string of the molecule is CCCN1CC=C[C@]2(C)O[C@]34C=CCN(c5ccc(N(CC)CC)cc5)C(=O)C3N(CCCCO)C(=O)[C@@H]4[C@@H]2C1=O. The summed E-state index contributed by atoms with van der Waals surface area (Å²) < 4.78 is 6.88. The van der Waals surface area contributed by atoms with Crippen LogP contribution in [-0.2, 0) is 19.1 Å². The van der Waals surface area contributed by atoms with Crippen molar-refractivity contribution in [3.05, 3.63) is 48.6 Å². The Morgan fingerprint density at radius 2 is 1.61 bits per heavy atom. The van der Waals surface area contributed by atoms with Gasteiger partial charge in [-0.05, 0) is 64.3 Å². The molecule has 0 bridgehead atoms. The lowest BCUT2D eigenvalue weighted by molar-refractivity contribution is -0.148. The highest BCUT2D eigenvalue weighted by Gasteiger charge is 2.74. The van der Waals surface area contributed by atoms with Crippen LogP contribution in [0.15, 0.2) is 48.6 Å². The Morgan fingerprint density at radius 3 is 2.27 bits per heavy atom. The highest BCUT2D eigenvalue weighted by atomic mass is 16.5. The lowest BCUT2D eigenvalue weighted by atomic mass is 9.74. The highest BCUT2D eigenvalue weighted by Crippen LogP contribution is 2.57. The Balaban J connectivity index is 1.56. The average Bonchev–Trinajstić information content (AvgIpc) is 3.23. The number of nitrogens with zero attached hydrogens (tertiary/aromatic N) is 4. The van der Waals surface area contributed by atoms with E-state index in [0.717, 1.165) is 30.9 Å². The molecule has 0 radical (unpaired) electrons. The van der Waals surface area contributed by atoms with Crippen molar-refractivity contribution in [1.82, 2.24) is 9.80 Å². The molecule has 0 aromatic heterocycles. The summed E-state index contributed by atoms with van der Waals surface area (Å²) >= 11 is 0. The van der Waals surface area contributed by atoms with Gasteiger partial charge in [0.25, 0.3) is 5.91 Å². The molecular formula is C32H44N4O5. The van der Waals surface area contributed by atoms with Gasteiger partial charge in [0.2, 0.25) is 11.8 Å². The van der Waals surface area contributed by atoms with Gasteiger partial charge in [0.15, 0.2) is 0 Å². The van der Waals surface area contributed by atoms with Crippen LogP contribution in [0.1, 0.15) is 47.0 Å². The van der Waals surface area contributed by atoms with Crippen LogP contribution in [0.4, 0.5) is 11.4 Å². The molecule has 1 aromatic rings. The number of carbonyl (C=O) groups is 3. The summed E-state index contributed by atoms with van der Waals surface area (Å²) in [5.74, 6) is -2.08. The van der Waals surface area contributed by atoms with Crippen molar-refractivity contribution < 1.29 is 24.2 Å². The van der Waals surface area contributed by atoms with Crippen LogP contribution in [0.2, 0.25) is 0 Å². The predicted octanol–water partition coefficient (Wildman–Crippen LogP) is 2.99. The first-order valence-electron chi connectivity index (χ1n) is 15.2. The maximum absolute atomic E-state index is 14.5. The van der Waals surface area contributed by atoms with E-state index in [1.807, 2.05) is 62.4 Å². The molecule has 1 unspecified atom stereocenters. The summed E-state index contributed by atoms with van der Waals surface area (Å²) in [5.41, 5.74) is -0.440. The second-order valence-electron chi connectivity index (χ2n) is 11.7. The van der Waals surface area contributed by atoms with Crippen LogP contribution in [-0.4, -0.2) is 95.7 Å². The molecular weight excluding hydrogens is 520 g/mol. The molecule has 3 amide bonds. The van der Waals surface area contributed by atoms with E-state index in [-0.39, 0.29) is 24.3 Å². The summed E-state index contributed by atoms with van der Waals surface area (Å²) in [7, 11) is 0. The Kier molecular flexibility index (Phi) is 8.30. The smallest absolute Gasteiger partial charge is 0.253 e. The summed E-state index contributed by atoms with van der Waals surface area (Å²) in [6, 6.07) is 7.05. The van der Waals surface area contributed by atoms with Gasteiger partial charge in [-0.1, -0.05) is 31.2 Å². The van der Waals surface area contributed by atoms with Gasteiger partial charge in [0, 0.05) is 57.3 Å². The van der Waals surface area contributed by atoms with Crippen molar-refractivity contribution in [2.24, 2.45) is 11.8 Å². The fraction of sp³-hybridized carbons (Fsp3) is 0.594. The van der Waals surface area contributed by atoms with E-state index >= 15 is 0 Å². The number of benzene rings is 1. The standard InChI is InChI=1S/C32H44N4O5/c1-5-18-34-19-10-16-31(4)25(28(34)38)26-29(39)36(20-8-9-22-37)27-30(40)35(21-11-17-32(26,27)41-31)24-14-12-23(13-15-24)33(6-2)7-3/h10-17,25-27,37H,5-9,18-22H2,1-4H3/t25-,26+,27?,31+,32+/m1/s1. The number of hydrogen-bond donors (Lipinski definition) is 1. The Bertz CT molecular complexity index is 1210. The van der Waals surface area contributed by atoms with Crippen molar-refractivity contribution >= 4 is 29.1 Å². The summed E-state index contributed by atoms with van der Waals surface area (Å²) in [5, 5.41) is 9.44. The number of aliphatic hydroxyl groups is 1. The van der Waals surface area contributed by atoms with E-state index in [2.05, 4.69) is 18.7 Å². The van der Waals surface area contributed by atoms with Crippen LogP contribution in [0.3, 0.4) is 0 Å². The van der Waals surface area contributed by atoms with E-state index in [1.54, 1.807) is 14.7 Å². The molecule has 9 nitrogen and oxygen atoms in total. The van der Waals surface area contributed by atoms with Gasteiger partial charge in [-0.2, -0.15) is 0 Å². The molecule has 0 saturated carbocycles. The predicted molar refractivity (Wildman–Crippen MR) is 159 cm³/mol. The zero-order valence-corrected chi connectivity index (χ0v) is 24.8. The zero-order chi connectivity index (χ0) is 29.4. The van der Waals surface area contributed by atoms with Crippen molar-refractivity contribution in [2.75, 3.05) is 55.7 Å². The van der Waals surface area contributed by atoms with Gasteiger partial charge in [0.1, 0.15) is 11.6 Å². The highest BCUT2D eigenvalue weighted by molar-refractivity contribution is 6.06. The van der Waals surface area contributed by atoms with E-state index in [0.29, 0.717) is 39.0 Å². The molecule has 5 rings (SSSR count). The van der Waals surface area contributed by atoms with Gasteiger partial charge in [-0.3, -0.25) is 14.4 Å². The molecule has 1 aromatic carbocycles.